The molecule has 0 saturated heterocycles. The molecular weight excluding hydrogens is 268 g/mol. The van der Waals surface area contributed by atoms with Crippen molar-refractivity contribution in [3.8, 4) is 17.2 Å². The summed E-state index contributed by atoms with van der Waals surface area (Å²) in [7, 11) is 0. The zero-order valence-corrected chi connectivity index (χ0v) is 11.1. The second-order valence-electron chi connectivity index (χ2n) is 4.51. The Morgan fingerprint density at radius 1 is 1.14 bits per heavy atom. The highest BCUT2D eigenvalue weighted by molar-refractivity contribution is 5.75. The minimum atomic E-state index is 0.523. The summed E-state index contributed by atoms with van der Waals surface area (Å²) in [5, 5.41) is 9.20. The van der Waals surface area contributed by atoms with E-state index in [4.69, 9.17) is 4.52 Å². The maximum Gasteiger partial charge on any atom is 0.223 e. The first-order valence-corrected chi connectivity index (χ1v) is 6.37. The largest absolute Gasteiger partial charge is 0.339 e. The van der Waals surface area contributed by atoms with Crippen molar-refractivity contribution >= 4 is 11.0 Å². The van der Waals surface area contributed by atoms with Crippen LogP contribution in [0.3, 0.4) is 0 Å². The van der Waals surface area contributed by atoms with Gasteiger partial charge in [0.2, 0.25) is 11.7 Å². The third-order valence-corrected chi connectivity index (χ3v) is 3.08. The van der Waals surface area contributed by atoms with Crippen LogP contribution in [0.15, 0.2) is 47.4 Å². The summed E-state index contributed by atoms with van der Waals surface area (Å²) in [5.74, 6) is 1.71. The average molecular weight is 278 g/mol. The first kappa shape index (κ1) is 11.7. The third-order valence-electron chi connectivity index (χ3n) is 3.08. The van der Waals surface area contributed by atoms with Crippen molar-refractivity contribution in [2.75, 3.05) is 0 Å². The molecule has 0 bridgehead atoms. The normalized spacial score (nSPS) is 11.1. The highest BCUT2D eigenvalue weighted by Gasteiger charge is 2.10. The molecular formula is C14H10N6O. The summed E-state index contributed by atoms with van der Waals surface area (Å²) < 4.78 is 6.69. The van der Waals surface area contributed by atoms with E-state index in [9.17, 15) is 0 Å². The van der Waals surface area contributed by atoms with Crippen LogP contribution in [0, 0.1) is 6.92 Å². The number of aryl methyl sites for hydroxylation is 1. The zero-order valence-electron chi connectivity index (χ0n) is 11.1. The summed E-state index contributed by atoms with van der Waals surface area (Å²) in [5.41, 5.74) is 1.57. The fourth-order valence-corrected chi connectivity index (χ4v) is 2.12. The maximum atomic E-state index is 5.00. The highest BCUT2D eigenvalue weighted by atomic mass is 16.5. The average Bonchev–Trinajstić information content (AvgIpc) is 3.13. The number of hydrogen-bond acceptors (Lipinski definition) is 6. The number of fused-ring (bicyclic) bond motifs is 1. The van der Waals surface area contributed by atoms with Crippen molar-refractivity contribution in [1.29, 1.82) is 0 Å². The van der Waals surface area contributed by atoms with Crippen molar-refractivity contribution in [3.63, 3.8) is 0 Å². The Bertz CT molecular complexity index is 926. The van der Waals surface area contributed by atoms with Crippen LogP contribution < -0.4 is 0 Å². The zero-order chi connectivity index (χ0) is 14.2. The molecule has 4 aromatic rings. The van der Waals surface area contributed by atoms with E-state index in [-0.39, 0.29) is 0 Å². The standard InChI is InChI=1S/C14H10N6O/c1-9-18-13(19-21-9)10-4-6-15-12(7-10)20-14-11(8-17-20)3-2-5-16-14/h2-8H,1H3. The van der Waals surface area contributed by atoms with Gasteiger partial charge in [-0.3, -0.25) is 0 Å². The van der Waals surface area contributed by atoms with Crippen LogP contribution in [0.4, 0.5) is 0 Å². The van der Waals surface area contributed by atoms with Gasteiger partial charge in [-0.15, -0.1) is 0 Å². The predicted molar refractivity (Wildman–Crippen MR) is 74.7 cm³/mol. The van der Waals surface area contributed by atoms with Crippen LogP contribution >= 0.6 is 0 Å². The molecule has 4 heterocycles. The van der Waals surface area contributed by atoms with Gasteiger partial charge in [-0.1, -0.05) is 5.16 Å². The molecule has 7 heteroatoms. The Labute approximate surface area is 119 Å². The van der Waals surface area contributed by atoms with Gasteiger partial charge in [0.1, 0.15) is 0 Å². The summed E-state index contributed by atoms with van der Waals surface area (Å²) in [6.07, 6.45) is 5.18. The van der Waals surface area contributed by atoms with Crippen LogP contribution in [0.2, 0.25) is 0 Å². The molecule has 4 aromatic heterocycles. The lowest BCUT2D eigenvalue weighted by molar-refractivity contribution is 0.394. The smallest absolute Gasteiger partial charge is 0.223 e. The van der Waals surface area contributed by atoms with Crippen molar-refractivity contribution in [1.82, 2.24) is 29.9 Å². The fourth-order valence-electron chi connectivity index (χ4n) is 2.12. The molecule has 0 aromatic carbocycles. The molecule has 0 amide bonds. The third kappa shape index (κ3) is 1.95. The second kappa shape index (κ2) is 4.48. The lowest BCUT2D eigenvalue weighted by atomic mass is 10.2. The van der Waals surface area contributed by atoms with Crippen molar-refractivity contribution in [3.05, 3.63) is 48.7 Å². The van der Waals surface area contributed by atoms with Crippen molar-refractivity contribution in [2.24, 2.45) is 0 Å². The summed E-state index contributed by atoms with van der Waals surface area (Å²) >= 11 is 0. The van der Waals surface area contributed by atoms with Gasteiger partial charge >= 0.3 is 0 Å². The Morgan fingerprint density at radius 3 is 2.95 bits per heavy atom. The molecule has 0 aliphatic heterocycles. The van der Waals surface area contributed by atoms with Crippen molar-refractivity contribution < 1.29 is 4.52 Å². The van der Waals surface area contributed by atoms with E-state index < -0.39 is 0 Å². The number of pyridine rings is 2. The molecule has 0 fully saturated rings. The van der Waals surface area contributed by atoms with E-state index in [1.165, 1.54) is 0 Å². The van der Waals surface area contributed by atoms with E-state index in [0.29, 0.717) is 17.5 Å². The number of aromatic nitrogens is 6. The number of nitrogens with zero attached hydrogens (tertiary/aromatic N) is 6. The molecule has 4 rings (SSSR count). The van der Waals surface area contributed by atoms with E-state index in [2.05, 4.69) is 25.2 Å². The Hall–Kier alpha value is -3.09. The van der Waals surface area contributed by atoms with Gasteiger partial charge in [-0.05, 0) is 24.3 Å². The van der Waals surface area contributed by atoms with Crippen LogP contribution in [0.25, 0.3) is 28.2 Å². The predicted octanol–water partition coefficient (Wildman–Crippen LogP) is 2.17. The topological polar surface area (TPSA) is 82.5 Å². The van der Waals surface area contributed by atoms with E-state index in [1.54, 1.807) is 30.2 Å². The van der Waals surface area contributed by atoms with Crippen LogP contribution in [0.5, 0.6) is 0 Å². The van der Waals surface area contributed by atoms with E-state index in [1.807, 2.05) is 24.3 Å². The number of hydrogen-bond donors (Lipinski definition) is 0. The van der Waals surface area contributed by atoms with Crippen LogP contribution in [0.1, 0.15) is 5.89 Å². The van der Waals surface area contributed by atoms with Crippen molar-refractivity contribution in [2.45, 2.75) is 6.92 Å². The molecule has 0 atom stereocenters. The lowest BCUT2D eigenvalue weighted by Crippen LogP contribution is -2.00. The Morgan fingerprint density at radius 2 is 2.10 bits per heavy atom. The van der Waals surface area contributed by atoms with Gasteiger partial charge < -0.3 is 4.52 Å². The highest BCUT2D eigenvalue weighted by Crippen LogP contribution is 2.19. The van der Waals surface area contributed by atoms with Gasteiger partial charge in [0.05, 0.1) is 6.20 Å². The van der Waals surface area contributed by atoms with E-state index in [0.717, 1.165) is 16.6 Å². The molecule has 0 radical (unpaired) electrons. The first-order valence-electron chi connectivity index (χ1n) is 6.37. The molecule has 0 aliphatic rings. The molecule has 0 N–H and O–H groups in total. The van der Waals surface area contributed by atoms with Gasteiger partial charge in [-0.25, -0.2) is 9.97 Å². The molecule has 102 valence electrons. The second-order valence-corrected chi connectivity index (χ2v) is 4.51. The maximum absolute atomic E-state index is 5.00. The van der Waals surface area contributed by atoms with Gasteiger partial charge in [0.15, 0.2) is 11.5 Å². The first-order chi connectivity index (χ1) is 10.3. The van der Waals surface area contributed by atoms with Crippen LogP contribution in [-0.4, -0.2) is 29.9 Å². The molecule has 0 aliphatic carbocycles. The summed E-state index contributed by atoms with van der Waals surface area (Å²) in [6, 6.07) is 7.51. The quantitative estimate of drug-likeness (QED) is 0.559. The molecule has 0 saturated carbocycles. The van der Waals surface area contributed by atoms with Gasteiger partial charge in [0.25, 0.3) is 0 Å². The molecule has 0 unspecified atom stereocenters. The Kier molecular flexibility index (Phi) is 2.50. The molecule has 21 heavy (non-hydrogen) atoms. The fraction of sp³-hybridized carbons (Fsp3) is 0.0714. The van der Waals surface area contributed by atoms with Gasteiger partial charge in [0, 0.05) is 30.3 Å². The van der Waals surface area contributed by atoms with E-state index >= 15 is 0 Å². The minimum Gasteiger partial charge on any atom is -0.339 e. The molecule has 0 spiro atoms. The SMILES string of the molecule is Cc1nc(-c2ccnc(-n3ncc4cccnc43)c2)no1. The number of rotatable bonds is 2. The Balaban J connectivity index is 1.86. The monoisotopic (exact) mass is 278 g/mol. The minimum absolute atomic E-state index is 0.523. The molecule has 7 nitrogen and oxygen atoms in total. The summed E-state index contributed by atoms with van der Waals surface area (Å²) in [6.45, 7) is 1.75. The van der Waals surface area contributed by atoms with Gasteiger partial charge in [-0.2, -0.15) is 14.8 Å². The van der Waals surface area contributed by atoms with Crippen LogP contribution in [-0.2, 0) is 0 Å². The lowest BCUT2D eigenvalue weighted by Gasteiger charge is -2.02. The summed E-state index contributed by atoms with van der Waals surface area (Å²) in [4.78, 5) is 12.9.